The molecule has 0 spiro atoms. The first-order chi connectivity index (χ1) is 7.06. The van der Waals surface area contributed by atoms with Crippen LogP contribution in [0.15, 0.2) is 12.1 Å². The van der Waals surface area contributed by atoms with Gasteiger partial charge in [0.05, 0.1) is 5.56 Å². The summed E-state index contributed by atoms with van der Waals surface area (Å²) in [4.78, 5) is 0. The maximum absolute atomic E-state index is 13.3. The highest BCUT2D eigenvalue weighted by molar-refractivity contribution is 5.33. The highest BCUT2D eigenvalue weighted by atomic mass is 19.3. The smallest absolute Gasteiger partial charge is 0.266 e. The molecule has 0 radical (unpaired) electrons. The van der Waals surface area contributed by atoms with Crippen LogP contribution in [0.5, 0.6) is 0 Å². The Hall–Kier alpha value is -1.03. The van der Waals surface area contributed by atoms with Gasteiger partial charge in [0.2, 0.25) is 0 Å². The Kier molecular flexibility index (Phi) is 4.15. The number of hydrogen-bond acceptors (Lipinski definition) is 1. The highest BCUT2D eigenvalue weighted by Gasteiger charge is 2.16. The molecule has 0 bridgehead atoms. The van der Waals surface area contributed by atoms with Gasteiger partial charge in [-0.2, -0.15) is 0 Å². The molecule has 15 heavy (non-hydrogen) atoms. The van der Waals surface area contributed by atoms with Gasteiger partial charge in [-0.3, -0.25) is 0 Å². The van der Waals surface area contributed by atoms with Crippen LogP contribution in [0.2, 0.25) is 0 Å². The zero-order valence-electron chi connectivity index (χ0n) is 8.56. The van der Waals surface area contributed by atoms with Gasteiger partial charge < -0.3 is 5.73 Å². The van der Waals surface area contributed by atoms with Crippen LogP contribution in [0.3, 0.4) is 0 Å². The maximum Gasteiger partial charge on any atom is 0.266 e. The fourth-order valence-corrected chi connectivity index (χ4v) is 1.55. The summed E-state index contributed by atoms with van der Waals surface area (Å²) in [6, 6.07) is 2.77. The topological polar surface area (TPSA) is 26.0 Å². The third kappa shape index (κ3) is 2.96. The number of benzene rings is 1. The third-order valence-corrected chi connectivity index (χ3v) is 2.28. The van der Waals surface area contributed by atoms with Crippen molar-refractivity contribution in [1.82, 2.24) is 0 Å². The minimum absolute atomic E-state index is 0.303. The second-order valence-corrected chi connectivity index (χ2v) is 3.50. The summed E-state index contributed by atoms with van der Waals surface area (Å²) < 4.78 is 38.1. The van der Waals surface area contributed by atoms with Crippen molar-refractivity contribution < 1.29 is 13.2 Å². The van der Waals surface area contributed by atoms with Crippen LogP contribution in [-0.2, 0) is 6.42 Å². The van der Waals surface area contributed by atoms with Crippen molar-refractivity contribution in [3.63, 3.8) is 0 Å². The molecular weight excluding hydrogens is 203 g/mol. The number of nitrogens with two attached hydrogens (primary N) is 1. The zero-order valence-corrected chi connectivity index (χ0v) is 8.56. The van der Waals surface area contributed by atoms with E-state index in [0.717, 1.165) is 12.0 Å². The van der Waals surface area contributed by atoms with Crippen LogP contribution in [-0.4, -0.2) is 6.54 Å². The van der Waals surface area contributed by atoms with Crippen molar-refractivity contribution in [3.05, 3.63) is 34.6 Å². The first-order valence-electron chi connectivity index (χ1n) is 4.83. The molecule has 2 N–H and O–H groups in total. The quantitative estimate of drug-likeness (QED) is 0.824. The predicted molar refractivity (Wildman–Crippen MR) is 53.5 cm³/mol. The van der Waals surface area contributed by atoms with Crippen molar-refractivity contribution in [2.75, 3.05) is 6.54 Å². The monoisotopic (exact) mass is 217 g/mol. The summed E-state index contributed by atoms with van der Waals surface area (Å²) in [6.45, 7) is 2.01. The zero-order chi connectivity index (χ0) is 11.4. The lowest BCUT2D eigenvalue weighted by Crippen LogP contribution is -2.02. The average Bonchev–Trinajstić information content (AvgIpc) is 2.12. The second kappa shape index (κ2) is 5.16. The molecule has 0 aliphatic heterocycles. The lowest BCUT2D eigenvalue weighted by Gasteiger charge is -2.09. The number of hydrogen-bond donors (Lipinski definition) is 1. The van der Waals surface area contributed by atoms with Gasteiger partial charge in [0.25, 0.3) is 6.43 Å². The number of aryl methyl sites for hydroxylation is 2. The van der Waals surface area contributed by atoms with E-state index >= 15 is 0 Å². The Morgan fingerprint density at radius 3 is 2.47 bits per heavy atom. The Labute approximate surface area is 87.1 Å². The van der Waals surface area contributed by atoms with E-state index in [0.29, 0.717) is 18.5 Å². The summed E-state index contributed by atoms with van der Waals surface area (Å²) in [5.74, 6) is -0.822. The molecular formula is C11H14F3N. The molecule has 1 aromatic carbocycles. The van der Waals surface area contributed by atoms with Crippen LogP contribution >= 0.6 is 0 Å². The molecule has 0 aliphatic rings. The van der Waals surface area contributed by atoms with Crippen molar-refractivity contribution in [2.45, 2.75) is 26.2 Å². The van der Waals surface area contributed by atoms with E-state index in [1.54, 1.807) is 6.07 Å². The van der Waals surface area contributed by atoms with E-state index in [-0.39, 0.29) is 0 Å². The number of alkyl halides is 2. The van der Waals surface area contributed by atoms with Gasteiger partial charge in [0, 0.05) is 0 Å². The average molecular weight is 217 g/mol. The van der Waals surface area contributed by atoms with Gasteiger partial charge in [-0.25, -0.2) is 13.2 Å². The molecule has 0 atom stereocenters. The number of rotatable bonds is 4. The molecule has 0 saturated heterocycles. The van der Waals surface area contributed by atoms with E-state index in [9.17, 15) is 13.2 Å². The predicted octanol–water partition coefficient (Wildman–Crippen LogP) is 2.96. The fourth-order valence-electron chi connectivity index (χ4n) is 1.55. The largest absolute Gasteiger partial charge is 0.330 e. The van der Waals surface area contributed by atoms with Crippen LogP contribution in [0.4, 0.5) is 13.2 Å². The Morgan fingerprint density at radius 2 is 2.00 bits per heavy atom. The van der Waals surface area contributed by atoms with E-state index < -0.39 is 17.8 Å². The molecule has 4 heteroatoms. The van der Waals surface area contributed by atoms with Gasteiger partial charge in [0.15, 0.2) is 0 Å². The van der Waals surface area contributed by atoms with Gasteiger partial charge in [-0.05, 0) is 43.5 Å². The molecule has 84 valence electrons. The van der Waals surface area contributed by atoms with Crippen LogP contribution in [0.1, 0.15) is 29.5 Å². The molecule has 1 nitrogen and oxygen atoms in total. The number of halogens is 3. The minimum atomic E-state index is -2.76. The van der Waals surface area contributed by atoms with Gasteiger partial charge >= 0.3 is 0 Å². The standard InChI is InChI=1S/C11H14F3N/c1-7-5-8(3-2-4-15)6-9(12)10(7)11(13)14/h5-6,11H,2-4,15H2,1H3. The first-order valence-corrected chi connectivity index (χ1v) is 4.83. The van der Waals surface area contributed by atoms with Gasteiger partial charge in [0.1, 0.15) is 5.82 Å². The van der Waals surface area contributed by atoms with E-state index in [1.165, 1.54) is 13.0 Å². The van der Waals surface area contributed by atoms with Crippen molar-refractivity contribution in [3.8, 4) is 0 Å². The summed E-state index contributed by atoms with van der Waals surface area (Å²) in [6.07, 6.45) is -1.40. The Morgan fingerprint density at radius 1 is 1.33 bits per heavy atom. The molecule has 0 fully saturated rings. The molecule has 0 aliphatic carbocycles. The second-order valence-electron chi connectivity index (χ2n) is 3.50. The van der Waals surface area contributed by atoms with Crippen LogP contribution < -0.4 is 5.73 Å². The maximum atomic E-state index is 13.3. The van der Waals surface area contributed by atoms with Crippen LogP contribution in [0, 0.1) is 12.7 Å². The molecule has 0 unspecified atom stereocenters. The Balaban J connectivity index is 2.97. The third-order valence-electron chi connectivity index (χ3n) is 2.28. The molecule has 0 aromatic heterocycles. The van der Waals surface area contributed by atoms with Crippen molar-refractivity contribution in [1.29, 1.82) is 0 Å². The summed E-state index contributed by atoms with van der Waals surface area (Å²) >= 11 is 0. The molecule has 0 heterocycles. The lowest BCUT2D eigenvalue weighted by molar-refractivity contribution is 0.145. The van der Waals surface area contributed by atoms with Gasteiger partial charge in [-0.1, -0.05) is 6.07 Å². The molecule has 0 amide bonds. The molecule has 1 aromatic rings. The lowest BCUT2D eigenvalue weighted by atomic mass is 10.0. The van der Waals surface area contributed by atoms with E-state index in [4.69, 9.17) is 5.73 Å². The summed E-state index contributed by atoms with van der Waals surface area (Å²) in [5, 5.41) is 0. The van der Waals surface area contributed by atoms with Crippen LogP contribution in [0.25, 0.3) is 0 Å². The van der Waals surface area contributed by atoms with E-state index in [2.05, 4.69) is 0 Å². The fraction of sp³-hybridized carbons (Fsp3) is 0.455. The molecule has 1 rings (SSSR count). The molecule has 0 saturated carbocycles. The summed E-state index contributed by atoms with van der Waals surface area (Å²) in [7, 11) is 0. The van der Waals surface area contributed by atoms with Crippen molar-refractivity contribution >= 4 is 0 Å². The normalized spacial score (nSPS) is 11.1. The van der Waals surface area contributed by atoms with Crippen molar-refractivity contribution in [2.24, 2.45) is 5.73 Å². The SMILES string of the molecule is Cc1cc(CCCN)cc(F)c1C(F)F. The first kappa shape index (κ1) is 12.0. The summed E-state index contributed by atoms with van der Waals surface area (Å²) in [5.41, 5.74) is 5.85. The van der Waals surface area contributed by atoms with E-state index in [1.807, 2.05) is 0 Å². The minimum Gasteiger partial charge on any atom is -0.330 e. The van der Waals surface area contributed by atoms with Gasteiger partial charge in [-0.15, -0.1) is 0 Å². The Bertz CT molecular complexity index is 314. The highest BCUT2D eigenvalue weighted by Crippen LogP contribution is 2.26.